The molecule has 1 fully saturated rings. The summed E-state index contributed by atoms with van der Waals surface area (Å²) in [5.74, 6) is 0.427. The second kappa shape index (κ2) is 15.7. The number of esters is 1. The zero-order chi connectivity index (χ0) is 23.9. The van der Waals surface area contributed by atoms with Crippen molar-refractivity contribution in [1.29, 1.82) is 0 Å². The van der Waals surface area contributed by atoms with Crippen LogP contribution >= 0.6 is 0 Å². The summed E-state index contributed by atoms with van der Waals surface area (Å²) < 4.78 is 16.0. The average molecular weight is 463 g/mol. The summed E-state index contributed by atoms with van der Waals surface area (Å²) in [5, 5.41) is 2.85. The number of hydrogen-bond acceptors (Lipinski definition) is 6. The highest BCUT2D eigenvalue weighted by molar-refractivity contribution is 5.89. The van der Waals surface area contributed by atoms with Gasteiger partial charge < -0.3 is 24.4 Å². The number of benzene rings is 1. The second-order valence-corrected chi connectivity index (χ2v) is 9.02. The van der Waals surface area contributed by atoms with Crippen LogP contribution in [0.1, 0.15) is 75.1 Å². The molecule has 0 atom stereocenters. The van der Waals surface area contributed by atoms with Crippen molar-refractivity contribution in [3.63, 3.8) is 0 Å². The molecule has 0 unspecified atom stereocenters. The molecule has 0 radical (unpaired) electrons. The van der Waals surface area contributed by atoms with Gasteiger partial charge in [0.15, 0.2) is 0 Å². The lowest BCUT2D eigenvalue weighted by molar-refractivity contribution is 0.0159. The van der Waals surface area contributed by atoms with Crippen molar-refractivity contribution in [2.24, 2.45) is 5.92 Å². The summed E-state index contributed by atoms with van der Waals surface area (Å²) in [6.45, 7) is 6.04. The van der Waals surface area contributed by atoms with Crippen LogP contribution in [0.3, 0.4) is 0 Å². The fourth-order valence-corrected chi connectivity index (χ4v) is 4.13. The Kier molecular flexibility index (Phi) is 12.9. The summed E-state index contributed by atoms with van der Waals surface area (Å²) in [6.07, 6.45) is 10.3. The molecule has 7 nitrogen and oxygen atoms in total. The van der Waals surface area contributed by atoms with E-state index in [9.17, 15) is 9.59 Å². The number of rotatable bonds is 14. The van der Waals surface area contributed by atoms with Crippen molar-refractivity contribution in [3.8, 4) is 5.75 Å². The summed E-state index contributed by atoms with van der Waals surface area (Å²) in [5.41, 5.74) is 0.416. The summed E-state index contributed by atoms with van der Waals surface area (Å²) in [4.78, 5) is 25.9. The molecule has 186 valence electrons. The molecule has 1 N–H and O–H groups in total. The van der Waals surface area contributed by atoms with Crippen molar-refractivity contribution in [1.82, 2.24) is 10.2 Å². The van der Waals surface area contributed by atoms with Crippen molar-refractivity contribution < 1.29 is 23.8 Å². The molecule has 1 amide bonds. The number of carbonyl (C=O) groups excluding carboxylic acids is 2. The number of carbonyl (C=O) groups is 2. The lowest BCUT2D eigenvalue weighted by Crippen LogP contribution is -2.34. The summed E-state index contributed by atoms with van der Waals surface area (Å²) in [6, 6.07) is 6.31. The molecule has 1 aromatic rings. The highest BCUT2D eigenvalue weighted by atomic mass is 16.6. The van der Waals surface area contributed by atoms with Crippen LogP contribution in [0.2, 0.25) is 0 Å². The molecule has 1 aliphatic rings. The van der Waals surface area contributed by atoms with Gasteiger partial charge in [0.05, 0.1) is 18.8 Å². The van der Waals surface area contributed by atoms with Gasteiger partial charge in [0.1, 0.15) is 5.75 Å². The van der Waals surface area contributed by atoms with E-state index in [4.69, 9.17) is 9.47 Å². The number of ether oxygens (including phenoxy) is 3. The van der Waals surface area contributed by atoms with Gasteiger partial charge >= 0.3 is 12.1 Å². The molecule has 1 aliphatic carbocycles. The Morgan fingerprint density at radius 1 is 1.00 bits per heavy atom. The number of amides is 1. The molecule has 7 heteroatoms. The first kappa shape index (κ1) is 27.1. The molecule has 0 aromatic heterocycles. The molecule has 0 saturated heterocycles. The first-order chi connectivity index (χ1) is 16.0. The van der Waals surface area contributed by atoms with Crippen LogP contribution in [0.15, 0.2) is 24.3 Å². The Labute approximate surface area is 199 Å². The van der Waals surface area contributed by atoms with E-state index in [1.807, 2.05) is 0 Å². The smallest absolute Gasteiger partial charge is 0.412 e. The SMILES string of the molecule is CCCCCN(C)CCCCOC1CCC(CNC(=O)Oc2ccc(C(=O)OC)cc2)CC1. The number of unbranched alkanes of at least 4 members (excludes halogenated alkanes) is 3. The van der Waals surface area contributed by atoms with E-state index >= 15 is 0 Å². The third kappa shape index (κ3) is 11.0. The lowest BCUT2D eigenvalue weighted by Gasteiger charge is -2.28. The maximum atomic E-state index is 12.1. The van der Waals surface area contributed by atoms with Crippen LogP contribution < -0.4 is 10.1 Å². The average Bonchev–Trinajstić information content (AvgIpc) is 2.83. The zero-order valence-electron chi connectivity index (χ0n) is 20.6. The van der Waals surface area contributed by atoms with Gasteiger partial charge in [-0.25, -0.2) is 9.59 Å². The molecular weight excluding hydrogens is 420 g/mol. The van der Waals surface area contributed by atoms with Crippen LogP contribution in [0, 0.1) is 5.92 Å². The van der Waals surface area contributed by atoms with Crippen LogP contribution in [-0.2, 0) is 9.47 Å². The van der Waals surface area contributed by atoms with E-state index < -0.39 is 12.1 Å². The molecule has 33 heavy (non-hydrogen) atoms. The predicted octanol–water partition coefficient (Wildman–Crippen LogP) is 5.04. The molecule has 0 spiro atoms. The fourth-order valence-electron chi connectivity index (χ4n) is 4.13. The van der Waals surface area contributed by atoms with Crippen LogP contribution in [0.25, 0.3) is 0 Å². The van der Waals surface area contributed by atoms with E-state index in [-0.39, 0.29) is 0 Å². The molecule has 2 rings (SSSR count). The Balaban J connectivity index is 1.52. The van der Waals surface area contributed by atoms with Crippen molar-refractivity contribution in [2.75, 3.05) is 40.4 Å². The molecule has 1 saturated carbocycles. The Morgan fingerprint density at radius 3 is 2.30 bits per heavy atom. The molecule has 0 aliphatic heterocycles. The maximum absolute atomic E-state index is 12.1. The number of hydrogen-bond donors (Lipinski definition) is 1. The quantitative estimate of drug-likeness (QED) is 0.308. The van der Waals surface area contributed by atoms with E-state index in [1.165, 1.54) is 39.3 Å². The Hall–Kier alpha value is -2.12. The van der Waals surface area contributed by atoms with Gasteiger partial charge in [-0.3, -0.25) is 0 Å². The minimum atomic E-state index is -0.473. The minimum Gasteiger partial charge on any atom is -0.465 e. The highest BCUT2D eigenvalue weighted by Gasteiger charge is 2.22. The van der Waals surface area contributed by atoms with E-state index in [1.54, 1.807) is 24.3 Å². The number of methoxy groups -OCH3 is 1. The summed E-state index contributed by atoms with van der Waals surface area (Å²) >= 11 is 0. The van der Waals surface area contributed by atoms with Gasteiger partial charge in [0.25, 0.3) is 0 Å². The van der Waals surface area contributed by atoms with Crippen molar-refractivity contribution in [2.45, 2.75) is 70.8 Å². The summed E-state index contributed by atoms with van der Waals surface area (Å²) in [7, 11) is 3.54. The standard InChI is InChI=1S/C26H42N2O5/c1-4-5-6-17-28(2)18-7-8-19-32-23-13-9-21(10-14-23)20-27-26(30)33-24-15-11-22(12-16-24)25(29)31-3/h11-12,15-16,21,23H,4-10,13-14,17-20H2,1-3H3,(H,27,30). The first-order valence-corrected chi connectivity index (χ1v) is 12.5. The largest absolute Gasteiger partial charge is 0.465 e. The normalized spacial score (nSPS) is 18.2. The Bertz CT molecular complexity index is 686. The van der Waals surface area contributed by atoms with Gasteiger partial charge in [-0.15, -0.1) is 0 Å². The van der Waals surface area contributed by atoms with Gasteiger partial charge in [0, 0.05) is 13.2 Å². The van der Waals surface area contributed by atoms with Crippen molar-refractivity contribution >= 4 is 12.1 Å². The van der Waals surface area contributed by atoms with Crippen LogP contribution in [0.5, 0.6) is 5.75 Å². The minimum absolute atomic E-state index is 0.351. The van der Waals surface area contributed by atoms with Crippen molar-refractivity contribution in [3.05, 3.63) is 29.8 Å². The third-order valence-corrected chi connectivity index (χ3v) is 6.25. The number of nitrogens with zero attached hydrogens (tertiary/aromatic N) is 1. The molecular formula is C26H42N2O5. The first-order valence-electron chi connectivity index (χ1n) is 12.5. The monoisotopic (exact) mass is 462 g/mol. The van der Waals surface area contributed by atoms with E-state index in [0.717, 1.165) is 45.3 Å². The topological polar surface area (TPSA) is 77.1 Å². The highest BCUT2D eigenvalue weighted by Crippen LogP contribution is 2.26. The molecule has 0 heterocycles. The van der Waals surface area contributed by atoms with Crippen LogP contribution in [-0.4, -0.2) is 63.5 Å². The van der Waals surface area contributed by atoms with E-state index in [0.29, 0.717) is 29.9 Å². The second-order valence-electron chi connectivity index (χ2n) is 9.02. The van der Waals surface area contributed by atoms with Gasteiger partial charge in [-0.2, -0.15) is 0 Å². The third-order valence-electron chi connectivity index (χ3n) is 6.25. The van der Waals surface area contributed by atoms with Gasteiger partial charge in [-0.05, 0) is 95.3 Å². The maximum Gasteiger partial charge on any atom is 0.412 e. The molecule has 1 aromatic carbocycles. The lowest BCUT2D eigenvalue weighted by atomic mass is 9.87. The van der Waals surface area contributed by atoms with Gasteiger partial charge in [-0.1, -0.05) is 19.8 Å². The fraction of sp³-hybridized carbons (Fsp3) is 0.692. The number of nitrogens with one attached hydrogen (secondary N) is 1. The van der Waals surface area contributed by atoms with Crippen LogP contribution in [0.4, 0.5) is 4.79 Å². The van der Waals surface area contributed by atoms with Gasteiger partial charge in [0.2, 0.25) is 0 Å². The molecule has 0 bridgehead atoms. The predicted molar refractivity (Wildman–Crippen MR) is 130 cm³/mol. The van der Waals surface area contributed by atoms with E-state index in [2.05, 4.69) is 28.9 Å². The zero-order valence-corrected chi connectivity index (χ0v) is 20.6. The Morgan fingerprint density at radius 2 is 1.67 bits per heavy atom.